The molecule has 2 atom stereocenters. The highest BCUT2D eigenvalue weighted by atomic mass is 15.1. The van der Waals surface area contributed by atoms with E-state index in [-0.39, 0.29) is 0 Å². The fraction of sp³-hybridized carbons (Fsp3) is 0.714. The van der Waals surface area contributed by atoms with E-state index in [1.54, 1.807) is 0 Å². The molecule has 1 saturated carbocycles. The second kappa shape index (κ2) is 5.53. The van der Waals surface area contributed by atoms with Gasteiger partial charge in [0.25, 0.3) is 0 Å². The van der Waals surface area contributed by atoms with Gasteiger partial charge in [-0.1, -0.05) is 12.2 Å². The highest BCUT2D eigenvalue weighted by Crippen LogP contribution is 2.37. The lowest BCUT2D eigenvalue weighted by Crippen LogP contribution is -2.36. The molecule has 0 radical (unpaired) electrons. The van der Waals surface area contributed by atoms with Gasteiger partial charge in [-0.15, -0.1) is 0 Å². The minimum absolute atomic E-state index is 0.395. The van der Waals surface area contributed by atoms with Crippen LogP contribution in [0.1, 0.15) is 40.0 Å². The highest BCUT2D eigenvalue weighted by molar-refractivity contribution is 5.09. The smallest absolute Gasteiger partial charge is 0.0269 e. The van der Waals surface area contributed by atoms with Crippen LogP contribution in [0, 0.1) is 5.92 Å². The van der Waals surface area contributed by atoms with Crippen LogP contribution in [-0.4, -0.2) is 24.0 Å². The fourth-order valence-electron chi connectivity index (χ4n) is 2.08. The third kappa shape index (κ3) is 4.01. The van der Waals surface area contributed by atoms with Gasteiger partial charge in [0.2, 0.25) is 0 Å². The van der Waals surface area contributed by atoms with Crippen molar-refractivity contribution in [3.8, 4) is 0 Å². The van der Waals surface area contributed by atoms with Crippen LogP contribution in [0.25, 0.3) is 0 Å². The molecule has 16 heavy (non-hydrogen) atoms. The zero-order valence-electron chi connectivity index (χ0n) is 11.2. The average Bonchev–Trinajstić information content (AvgIpc) is 2.98. The molecule has 0 aromatic heterocycles. The molecule has 1 aliphatic rings. The topological polar surface area (TPSA) is 29.3 Å². The summed E-state index contributed by atoms with van der Waals surface area (Å²) < 4.78 is 0. The van der Waals surface area contributed by atoms with E-state index in [0.29, 0.717) is 12.1 Å². The van der Waals surface area contributed by atoms with Gasteiger partial charge in [0.05, 0.1) is 0 Å². The Hall–Kier alpha value is -0.760. The Morgan fingerprint density at radius 2 is 2.06 bits per heavy atom. The Labute approximate surface area is 100 Å². The summed E-state index contributed by atoms with van der Waals surface area (Å²) in [6.45, 7) is 10.6. The summed E-state index contributed by atoms with van der Waals surface area (Å²) in [5, 5.41) is 0. The molecule has 2 unspecified atom stereocenters. The van der Waals surface area contributed by atoms with Gasteiger partial charge < -0.3 is 5.73 Å². The second-order valence-electron chi connectivity index (χ2n) is 5.30. The predicted molar refractivity (Wildman–Crippen MR) is 71.1 cm³/mol. The molecule has 2 N–H and O–H groups in total. The van der Waals surface area contributed by atoms with Gasteiger partial charge in [0.15, 0.2) is 0 Å². The third-order valence-corrected chi connectivity index (χ3v) is 3.55. The summed E-state index contributed by atoms with van der Waals surface area (Å²) in [4.78, 5) is 2.37. The number of likely N-dealkylation sites (N-methyl/N-ethyl adjacent to an activating group) is 1. The summed E-state index contributed by atoms with van der Waals surface area (Å²) in [6.07, 6.45) is 5.93. The van der Waals surface area contributed by atoms with E-state index in [2.05, 4.69) is 38.5 Å². The minimum Gasteiger partial charge on any atom is -0.402 e. The van der Waals surface area contributed by atoms with Crippen LogP contribution < -0.4 is 5.73 Å². The van der Waals surface area contributed by atoms with E-state index in [0.717, 1.165) is 18.0 Å². The van der Waals surface area contributed by atoms with Gasteiger partial charge in [0, 0.05) is 17.8 Å². The Morgan fingerprint density at radius 1 is 1.50 bits per heavy atom. The van der Waals surface area contributed by atoms with Crippen molar-refractivity contribution < 1.29 is 0 Å². The first-order valence-electron chi connectivity index (χ1n) is 6.25. The molecule has 0 heterocycles. The first-order chi connectivity index (χ1) is 7.41. The lowest BCUT2D eigenvalue weighted by atomic mass is 10.0. The lowest BCUT2D eigenvalue weighted by molar-refractivity contribution is 0.223. The van der Waals surface area contributed by atoms with Gasteiger partial charge in [-0.2, -0.15) is 0 Å². The first-order valence-corrected chi connectivity index (χ1v) is 6.25. The lowest BCUT2D eigenvalue weighted by Gasteiger charge is -2.30. The van der Waals surface area contributed by atoms with Crippen LogP contribution in [0.15, 0.2) is 23.9 Å². The quantitative estimate of drug-likeness (QED) is 0.700. The maximum atomic E-state index is 5.71. The van der Waals surface area contributed by atoms with Crippen molar-refractivity contribution in [2.75, 3.05) is 7.05 Å². The van der Waals surface area contributed by atoms with Crippen molar-refractivity contribution in [3.63, 3.8) is 0 Å². The van der Waals surface area contributed by atoms with Crippen LogP contribution in [0.4, 0.5) is 0 Å². The number of rotatable bonds is 6. The monoisotopic (exact) mass is 222 g/mol. The largest absolute Gasteiger partial charge is 0.402 e. The maximum absolute atomic E-state index is 5.71. The van der Waals surface area contributed by atoms with Crippen molar-refractivity contribution >= 4 is 0 Å². The number of hydrogen-bond donors (Lipinski definition) is 1. The molecule has 0 aromatic rings. The van der Waals surface area contributed by atoms with Crippen molar-refractivity contribution in [2.24, 2.45) is 11.7 Å². The van der Waals surface area contributed by atoms with E-state index in [4.69, 9.17) is 5.73 Å². The maximum Gasteiger partial charge on any atom is 0.0269 e. The van der Waals surface area contributed by atoms with Crippen LogP contribution in [-0.2, 0) is 0 Å². The molecule has 0 bridgehead atoms. The summed E-state index contributed by atoms with van der Waals surface area (Å²) in [5.74, 6) is 0.818. The van der Waals surface area contributed by atoms with Crippen molar-refractivity contribution in [2.45, 2.75) is 52.1 Å². The van der Waals surface area contributed by atoms with E-state index in [1.165, 1.54) is 18.4 Å². The Bertz CT molecular complexity index is 272. The van der Waals surface area contributed by atoms with Gasteiger partial charge >= 0.3 is 0 Å². The first kappa shape index (κ1) is 13.3. The summed E-state index contributed by atoms with van der Waals surface area (Å²) in [7, 11) is 2.16. The zero-order chi connectivity index (χ0) is 12.3. The molecular weight excluding hydrogens is 196 g/mol. The Morgan fingerprint density at radius 3 is 2.50 bits per heavy atom. The molecule has 1 fully saturated rings. The molecule has 0 aromatic carbocycles. The third-order valence-electron chi connectivity index (χ3n) is 3.55. The summed E-state index contributed by atoms with van der Waals surface area (Å²) >= 11 is 0. The molecule has 0 amide bonds. The van der Waals surface area contributed by atoms with Gasteiger partial charge in [-0.05, 0) is 59.1 Å². The molecule has 1 rings (SSSR count). The summed E-state index contributed by atoms with van der Waals surface area (Å²) in [6, 6.07) is 0.936. The number of nitrogens with zero attached hydrogens (tertiary/aromatic N) is 1. The van der Waals surface area contributed by atoms with E-state index in [1.807, 2.05) is 6.92 Å². The highest BCUT2D eigenvalue weighted by Gasteiger charge is 2.26. The van der Waals surface area contributed by atoms with Gasteiger partial charge in [-0.25, -0.2) is 0 Å². The average molecular weight is 222 g/mol. The van der Waals surface area contributed by atoms with Crippen molar-refractivity contribution in [3.05, 3.63) is 23.9 Å². The van der Waals surface area contributed by atoms with Crippen LogP contribution in [0.2, 0.25) is 0 Å². The molecule has 2 heteroatoms. The molecule has 0 aliphatic heterocycles. The predicted octanol–water partition coefficient (Wildman–Crippen LogP) is 2.91. The normalized spacial score (nSPS) is 20.9. The Kier molecular flexibility index (Phi) is 4.60. The number of hydrogen-bond acceptors (Lipinski definition) is 2. The standard InChI is InChI=1S/C14H26N2/c1-10(14-6-7-14)8-12(3)16(5)13(4)9-11(2)15/h9,12-14H,1,6-8,15H2,2-5H3/b11-9+. The molecule has 2 nitrogen and oxygen atoms in total. The van der Waals surface area contributed by atoms with Crippen molar-refractivity contribution in [1.82, 2.24) is 4.90 Å². The van der Waals surface area contributed by atoms with E-state index < -0.39 is 0 Å². The molecule has 0 spiro atoms. The van der Waals surface area contributed by atoms with E-state index >= 15 is 0 Å². The zero-order valence-corrected chi connectivity index (χ0v) is 11.2. The molecule has 92 valence electrons. The van der Waals surface area contributed by atoms with Crippen LogP contribution >= 0.6 is 0 Å². The molecule has 0 saturated heterocycles. The fourth-order valence-corrected chi connectivity index (χ4v) is 2.08. The van der Waals surface area contributed by atoms with E-state index in [9.17, 15) is 0 Å². The number of nitrogens with two attached hydrogens (primary N) is 1. The summed E-state index contributed by atoms with van der Waals surface area (Å²) in [5.41, 5.74) is 8.03. The molecule has 1 aliphatic carbocycles. The Balaban J connectivity index is 2.42. The molecular formula is C14H26N2. The number of allylic oxidation sites excluding steroid dienone is 1. The van der Waals surface area contributed by atoms with Gasteiger partial charge in [0.1, 0.15) is 0 Å². The van der Waals surface area contributed by atoms with Gasteiger partial charge in [-0.3, -0.25) is 4.90 Å². The second-order valence-corrected chi connectivity index (χ2v) is 5.30. The van der Waals surface area contributed by atoms with Crippen LogP contribution in [0.3, 0.4) is 0 Å². The minimum atomic E-state index is 0.395. The van der Waals surface area contributed by atoms with Crippen LogP contribution in [0.5, 0.6) is 0 Å². The SMILES string of the molecule is C=C(CC(C)N(C)C(C)/C=C(\C)N)C1CC1. The van der Waals surface area contributed by atoms with Crippen molar-refractivity contribution in [1.29, 1.82) is 0 Å².